The molecule has 0 bridgehead atoms. The van der Waals surface area contributed by atoms with Gasteiger partial charge in [-0.2, -0.15) is 0 Å². The highest BCUT2D eigenvalue weighted by molar-refractivity contribution is 8.01. The van der Waals surface area contributed by atoms with E-state index in [2.05, 4.69) is 55.5 Å². The molecule has 1 heterocycles. The van der Waals surface area contributed by atoms with Gasteiger partial charge in [0.2, 0.25) is 0 Å². The molecule has 0 N–H and O–H groups in total. The van der Waals surface area contributed by atoms with E-state index in [-0.39, 0.29) is 4.93 Å². The van der Waals surface area contributed by atoms with Gasteiger partial charge in [-0.25, -0.2) is 0 Å². The zero-order valence-corrected chi connectivity index (χ0v) is 11.2. The molecule has 0 saturated carbocycles. The van der Waals surface area contributed by atoms with Crippen LogP contribution in [0.2, 0.25) is 0 Å². The van der Waals surface area contributed by atoms with Crippen molar-refractivity contribution in [3.63, 3.8) is 0 Å². The largest absolute Gasteiger partial charge is 0.355 e. The van der Waals surface area contributed by atoms with E-state index < -0.39 is 0 Å². The maximum Gasteiger partial charge on any atom is 0.165 e. The minimum atomic E-state index is -0.331. The summed E-state index contributed by atoms with van der Waals surface area (Å²) in [6, 6.07) is 21.0. The van der Waals surface area contributed by atoms with Crippen LogP contribution in [-0.4, -0.2) is 11.9 Å². The fraction of sp³-hybridized carbons (Fsp3) is 0.250. The lowest BCUT2D eigenvalue weighted by Crippen LogP contribution is -2.22. The summed E-state index contributed by atoms with van der Waals surface area (Å²) in [4.78, 5) is -0.331. The lowest BCUT2D eigenvalue weighted by atomic mass is 10.0. The van der Waals surface area contributed by atoms with Crippen LogP contribution < -0.4 is 0 Å². The predicted octanol–water partition coefficient (Wildman–Crippen LogP) is 4.04. The summed E-state index contributed by atoms with van der Waals surface area (Å²) in [5, 5.41) is 0.519. The minimum Gasteiger partial charge on any atom is -0.355 e. The van der Waals surface area contributed by atoms with Gasteiger partial charge >= 0.3 is 0 Å². The molecule has 2 heteroatoms. The smallest absolute Gasteiger partial charge is 0.165 e. The molecule has 1 unspecified atom stereocenters. The second-order valence-corrected chi connectivity index (χ2v) is 6.20. The van der Waals surface area contributed by atoms with Crippen LogP contribution in [0.15, 0.2) is 60.7 Å². The van der Waals surface area contributed by atoms with Crippen molar-refractivity contribution in [2.24, 2.45) is 0 Å². The molecule has 2 aromatic rings. The Morgan fingerprint density at radius 3 is 1.83 bits per heavy atom. The van der Waals surface area contributed by atoms with Gasteiger partial charge in [0.05, 0.1) is 6.61 Å². The first-order valence-corrected chi connectivity index (χ1v) is 7.12. The summed E-state index contributed by atoms with van der Waals surface area (Å²) in [6.45, 7) is 3.02. The Morgan fingerprint density at radius 1 is 0.944 bits per heavy atom. The van der Waals surface area contributed by atoms with Crippen LogP contribution in [0.1, 0.15) is 18.1 Å². The van der Waals surface area contributed by atoms with E-state index in [4.69, 9.17) is 4.74 Å². The maximum atomic E-state index is 6.19. The van der Waals surface area contributed by atoms with Crippen LogP contribution in [0, 0.1) is 0 Å². The molecule has 0 aliphatic carbocycles. The molecule has 1 atom stereocenters. The van der Waals surface area contributed by atoms with Crippen molar-refractivity contribution >= 4 is 11.8 Å². The fourth-order valence-electron chi connectivity index (χ4n) is 2.37. The zero-order valence-electron chi connectivity index (χ0n) is 10.4. The summed E-state index contributed by atoms with van der Waals surface area (Å²) in [6.07, 6.45) is 0. The number of thioether (sulfide) groups is 1. The lowest BCUT2D eigenvalue weighted by Gasteiger charge is -2.28. The monoisotopic (exact) mass is 256 g/mol. The van der Waals surface area contributed by atoms with Gasteiger partial charge in [0.25, 0.3) is 0 Å². The van der Waals surface area contributed by atoms with Crippen molar-refractivity contribution in [1.29, 1.82) is 0 Å². The number of rotatable bonds is 2. The number of benzene rings is 2. The molecule has 1 fully saturated rings. The van der Waals surface area contributed by atoms with E-state index in [1.165, 1.54) is 11.1 Å². The Bertz CT molecular complexity index is 470. The second-order valence-electron chi connectivity index (χ2n) is 4.59. The molecule has 1 nitrogen and oxygen atoms in total. The third kappa shape index (κ3) is 1.96. The predicted molar refractivity (Wildman–Crippen MR) is 76.7 cm³/mol. The zero-order chi connectivity index (χ0) is 12.4. The molecule has 3 rings (SSSR count). The van der Waals surface area contributed by atoms with Gasteiger partial charge in [0.15, 0.2) is 4.93 Å². The van der Waals surface area contributed by atoms with Crippen LogP contribution in [0.5, 0.6) is 0 Å². The SMILES string of the molecule is CC1COC(c2ccccc2)(c2ccccc2)S1. The average molecular weight is 256 g/mol. The lowest BCUT2D eigenvalue weighted by molar-refractivity contribution is 0.0746. The highest BCUT2D eigenvalue weighted by atomic mass is 32.2. The van der Waals surface area contributed by atoms with Crippen molar-refractivity contribution < 1.29 is 4.74 Å². The third-order valence-electron chi connectivity index (χ3n) is 3.20. The number of hydrogen-bond donors (Lipinski definition) is 0. The number of ether oxygens (including phenoxy) is 1. The molecule has 92 valence electrons. The first-order chi connectivity index (χ1) is 8.81. The average Bonchev–Trinajstić information content (AvgIpc) is 2.84. The number of hydrogen-bond acceptors (Lipinski definition) is 2. The van der Waals surface area contributed by atoms with Crippen molar-refractivity contribution in [1.82, 2.24) is 0 Å². The highest BCUT2D eigenvalue weighted by Gasteiger charge is 2.42. The fourth-order valence-corrected chi connectivity index (χ4v) is 3.75. The summed E-state index contributed by atoms with van der Waals surface area (Å²) in [5.74, 6) is 0. The standard InChI is InChI=1S/C16H16OS/c1-13-12-17-16(18-13,14-8-4-2-5-9-14)15-10-6-3-7-11-15/h2-11,13H,12H2,1H3. The molecule has 0 spiro atoms. The van der Waals surface area contributed by atoms with Crippen molar-refractivity contribution in [2.45, 2.75) is 17.1 Å². The quantitative estimate of drug-likeness (QED) is 0.802. The molecule has 0 radical (unpaired) electrons. The normalized spacial score (nSPS) is 21.9. The van der Waals surface area contributed by atoms with Crippen molar-refractivity contribution in [3.05, 3.63) is 71.8 Å². The first kappa shape index (κ1) is 11.8. The van der Waals surface area contributed by atoms with E-state index in [0.717, 1.165) is 6.61 Å². The second kappa shape index (κ2) is 4.79. The molecule has 1 aliphatic rings. The van der Waals surface area contributed by atoms with E-state index in [9.17, 15) is 0 Å². The molecule has 0 amide bonds. The summed E-state index contributed by atoms with van der Waals surface area (Å²) in [7, 11) is 0. The van der Waals surface area contributed by atoms with Gasteiger partial charge in [-0.3, -0.25) is 0 Å². The summed E-state index contributed by atoms with van der Waals surface area (Å²) < 4.78 is 6.19. The van der Waals surface area contributed by atoms with E-state index in [1.807, 2.05) is 23.9 Å². The topological polar surface area (TPSA) is 9.23 Å². The molecule has 0 aromatic heterocycles. The van der Waals surface area contributed by atoms with Crippen LogP contribution >= 0.6 is 11.8 Å². The van der Waals surface area contributed by atoms with E-state index in [0.29, 0.717) is 5.25 Å². The van der Waals surface area contributed by atoms with Gasteiger partial charge < -0.3 is 4.74 Å². The Morgan fingerprint density at radius 2 is 1.44 bits per heavy atom. The van der Waals surface area contributed by atoms with Crippen molar-refractivity contribution in [2.75, 3.05) is 6.61 Å². The summed E-state index contributed by atoms with van der Waals surface area (Å²) >= 11 is 1.90. The molecular formula is C16H16OS. The Hall–Kier alpha value is -1.25. The Kier molecular flexibility index (Phi) is 3.14. The Balaban J connectivity index is 2.11. The van der Waals surface area contributed by atoms with Crippen LogP contribution in [0.3, 0.4) is 0 Å². The van der Waals surface area contributed by atoms with E-state index in [1.54, 1.807) is 0 Å². The van der Waals surface area contributed by atoms with E-state index >= 15 is 0 Å². The molecule has 2 aromatic carbocycles. The highest BCUT2D eigenvalue weighted by Crippen LogP contribution is 2.50. The van der Waals surface area contributed by atoms with Gasteiger partial charge in [-0.1, -0.05) is 67.6 Å². The third-order valence-corrected chi connectivity index (χ3v) is 4.66. The van der Waals surface area contributed by atoms with Crippen LogP contribution in [-0.2, 0) is 9.67 Å². The van der Waals surface area contributed by atoms with Gasteiger partial charge in [0, 0.05) is 5.25 Å². The molecule has 1 aliphatic heterocycles. The van der Waals surface area contributed by atoms with Crippen molar-refractivity contribution in [3.8, 4) is 0 Å². The first-order valence-electron chi connectivity index (χ1n) is 6.24. The minimum absolute atomic E-state index is 0.331. The van der Waals surface area contributed by atoms with Gasteiger partial charge in [-0.15, -0.1) is 11.8 Å². The van der Waals surface area contributed by atoms with Crippen LogP contribution in [0.4, 0.5) is 0 Å². The molecular weight excluding hydrogens is 240 g/mol. The Labute approximate surface area is 112 Å². The van der Waals surface area contributed by atoms with Gasteiger partial charge in [0.1, 0.15) is 0 Å². The maximum absolute atomic E-state index is 6.19. The van der Waals surface area contributed by atoms with Crippen LogP contribution in [0.25, 0.3) is 0 Å². The van der Waals surface area contributed by atoms with Gasteiger partial charge in [-0.05, 0) is 11.1 Å². The molecule has 1 saturated heterocycles. The molecule has 18 heavy (non-hydrogen) atoms. The summed E-state index contributed by atoms with van der Waals surface area (Å²) in [5.41, 5.74) is 2.45.